The summed E-state index contributed by atoms with van der Waals surface area (Å²) in [5, 5.41) is 0. The van der Waals surface area contributed by atoms with Crippen molar-refractivity contribution in [3.8, 4) is 0 Å². The molecule has 17 heavy (non-hydrogen) atoms. The highest BCUT2D eigenvalue weighted by Crippen LogP contribution is 2.26. The predicted octanol–water partition coefficient (Wildman–Crippen LogP) is 2.55. The largest absolute Gasteiger partial charge is 0.354 e. The molecule has 5 heteroatoms. The maximum absolute atomic E-state index is 13.7. The standard InChI is InChI=1S/C12H17BrFN3/c1-8(15)9-2-4-17(5-3-9)12-11(14)6-10(13)7-16-12/h6-9H,2-5,15H2,1H3. The summed E-state index contributed by atoms with van der Waals surface area (Å²) in [6, 6.07) is 1.68. The van der Waals surface area contributed by atoms with Crippen molar-refractivity contribution in [3.05, 3.63) is 22.6 Å². The molecule has 1 aliphatic heterocycles. The maximum Gasteiger partial charge on any atom is 0.166 e. The van der Waals surface area contributed by atoms with Gasteiger partial charge in [0.05, 0.1) is 0 Å². The lowest BCUT2D eigenvalue weighted by Gasteiger charge is -2.34. The van der Waals surface area contributed by atoms with Crippen LogP contribution in [0.25, 0.3) is 0 Å². The molecule has 0 amide bonds. The predicted molar refractivity (Wildman–Crippen MR) is 70.5 cm³/mol. The highest BCUT2D eigenvalue weighted by molar-refractivity contribution is 9.10. The van der Waals surface area contributed by atoms with Gasteiger partial charge in [-0.25, -0.2) is 9.37 Å². The molecule has 2 rings (SSSR count). The molecule has 2 N–H and O–H groups in total. The SMILES string of the molecule is CC(N)C1CCN(c2ncc(Br)cc2F)CC1. The molecule has 1 fully saturated rings. The second-order valence-corrected chi connectivity index (χ2v) is 5.56. The summed E-state index contributed by atoms with van der Waals surface area (Å²) in [7, 11) is 0. The molecule has 0 bridgehead atoms. The molecule has 1 unspecified atom stereocenters. The fraction of sp³-hybridized carbons (Fsp3) is 0.583. The van der Waals surface area contributed by atoms with Crippen LogP contribution in [0.1, 0.15) is 19.8 Å². The zero-order chi connectivity index (χ0) is 12.4. The second kappa shape index (κ2) is 5.31. The molecular weight excluding hydrogens is 285 g/mol. The molecule has 1 saturated heterocycles. The van der Waals surface area contributed by atoms with E-state index in [1.165, 1.54) is 6.07 Å². The first-order chi connectivity index (χ1) is 8.08. The van der Waals surface area contributed by atoms with Gasteiger partial charge in [-0.3, -0.25) is 0 Å². The molecule has 1 atom stereocenters. The summed E-state index contributed by atoms with van der Waals surface area (Å²) in [6.07, 6.45) is 3.65. The van der Waals surface area contributed by atoms with Crippen LogP contribution in [-0.2, 0) is 0 Å². The van der Waals surface area contributed by atoms with E-state index in [1.54, 1.807) is 6.20 Å². The smallest absolute Gasteiger partial charge is 0.166 e. The van der Waals surface area contributed by atoms with Crippen molar-refractivity contribution in [3.63, 3.8) is 0 Å². The lowest BCUT2D eigenvalue weighted by molar-refractivity contribution is 0.352. The highest BCUT2D eigenvalue weighted by Gasteiger charge is 2.24. The second-order valence-electron chi connectivity index (χ2n) is 4.64. The number of rotatable bonds is 2. The van der Waals surface area contributed by atoms with Crippen molar-refractivity contribution in [1.82, 2.24) is 4.98 Å². The number of halogens is 2. The van der Waals surface area contributed by atoms with Gasteiger partial charge in [0, 0.05) is 29.8 Å². The van der Waals surface area contributed by atoms with Gasteiger partial charge in [-0.2, -0.15) is 0 Å². The summed E-state index contributed by atoms with van der Waals surface area (Å²) in [5.41, 5.74) is 5.89. The minimum atomic E-state index is -0.265. The Labute approximate surface area is 109 Å². The third-order valence-electron chi connectivity index (χ3n) is 3.37. The summed E-state index contributed by atoms with van der Waals surface area (Å²) >= 11 is 3.21. The van der Waals surface area contributed by atoms with Gasteiger partial charge in [0.15, 0.2) is 11.6 Å². The van der Waals surface area contributed by atoms with Crippen molar-refractivity contribution in [2.45, 2.75) is 25.8 Å². The number of piperidine rings is 1. The van der Waals surface area contributed by atoms with Gasteiger partial charge in [0.1, 0.15) is 0 Å². The summed E-state index contributed by atoms with van der Waals surface area (Å²) in [4.78, 5) is 6.14. The van der Waals surface area contributed by atoms with Crippen LogP contribution < -0.4 is 10.6 Å². The van der Waals surface area contributed by atoms with Gasteiger partial charge >= 0.3 is 0 Å². The summed E-state index contributed by atoms with van der Waals surface area (Å²) in [5.74, 6) is 0.736. The average Bonchev–Trinajstić information content (AvgIpc) is 2.29. The zero-order valence-electron chi connectivity index (χ0n) is 9.87. The number of nitrogens with two attached hydrogens (primary N) is 1. The quantitative estimate of drug-likeness (QED) is 0.913. The highest BCUT2D eigenvalue weighted by atomic mass is 79.9. The Balaban J connectivity index is 2.05. The van der Waals surface area contributed by atoms with E-state index >= 15 is 0 Å². The first-order valence-electron chi connectivity index (χ1n) is 5.89. The number of hydrogen-bond donors (Lipinski definition) is 1. The van der Waals surface area contributed by atoms with Gasteiger partial charge < -0.3 is 10.6 Å². The molecule has 1 aromatic heterocycles. The average molecular weight is 302 g/mol. The van der Waals surface area contributed by atoms with E-state index in [4.69, 9.17) is 5.73 Å². The van der Waals surface area contributed by atoms with E-state index in [0.717, 1.165) is 25.9 Å². The van der Waals surface area contributed by atoms with Crippen molar-refractivity contribution in [2.75, 3.05) is 18.0 Å². The molecule has 3 nitrogen and oxygen atoms in total. The third kappa shape index (κ3) is 2.96. The normalized spacial score (nSPS) is 19.4. The molecule has 0 saturated carbocycles. The molecule has 1 aliphatic rings. The van der Waals surface area contributed by atoms with Gasteiger partial charge in [0.2, 0.25) is 0 Å². The van der Waals surface area contributed by atoms with Crippen LogP contribution in [0.5, 0.6) is 0 Å². The van der Waals surface area contributed by atoms with Crippen LogP contribution in [0, 0.1) is 11.7 Å². The van der Waals surface area contributed by atoms with E-state index in [-0.39, 0.29) is 11.9 Å². The van der Waals surface area contributed by atoms with E-state index in [2.05, 4.69) is 20.9 Å². The Morgan fingerprint density at radius 2 is 2.18 bits per heavy atom. The molecule has 1 aromatic rings. The Morgan fingerprint density at radius 3 is 2.71 bits per heavy atom. The third-order valence-corrected chi connectivity index (χ3v) is 3.80. The van der Waals surface area contributed by atoms with Crippen LogP contribution in [0.15, 0.2) is 16.7 Å². The van der Waals surface area contributed by atoms with Crippen LogP contribution in [-0.4, -0.2) is 24.1 Å². The van der Waals surface area contributed by atoms with E-state index in [9.17, 15) is 4.39 Å². The van der Waals surface area contributed by atoms with Crippen LogP contribution in [0.3, 0.4) is 0 Å². The molecule has 0 aliphatic carbocycles. The van der Waals surface area contributed by atoms with E-state index in [0.29, 0.717) is 16.2 Å². The minimum Gasteiger partial charge on any atom is -0.354 e. The minimum absolute atomic E-state index is 0.222. The van der Waals surface area contributed by atoms with Gasteiger partial charge in [0.25, 0.3) is 0 Å². The Bertz CT molecular complexity index is 389. The number of nitrogens with zero attached hydrogens (tertiary/aromatic N) is 2. The number of hydrogen-bond acceptors (Lipinski definition) is 3. The lowest BCUT2D eigenvalue weighted by Crippen LogP contribution is -2.40. The van der Waals surface area contributed by atoms with Gasteiger partial charge in [-0.05, 0) is 47.7 Å². The zero-order valence-corrected chi connectivity index (χ0v) is 11.5. The molecular formula is C12H17BrFN3. The van der Waals surface area contributed by atoms with Crippen LogP contribution in [0.4, 0.5) is 10.2 Å². The topological polar surface area (TPSA) is 42.1 Å². The first kappa shape index (κ1) is 12.8. The maximum atomic E-state index is 13.7. The summed E-state index contributed by atoms with van der Waals surface area (Å²) < 4.78 is 14.4. The number of pyridine rings is 1. The molecule has 0 aromatic carbocycles. The number of anilines is 1. The lowest BCUT2D eigenvalue weighted by atomic mass is 9.91. The fourth-order valence-electron chi connectivity index (χ4n) is 2.28. The Kier molecular flexibility index (Phi) is 3.99. The van der Waals surface area contributed by atoms with E-state index in [1.807, 2.05) is 11.8 Å². The van der Waals surface area contributed by atoms with Gasteiger partial charge in [-0.1, -0.05) is 0 Å². The molecule has 94 valence electrons. The summed E-state index contributed by atoms with van der Waals surface area (Å²) in [6.45, 7) is 3.70. The van der Waals surface area contributed by atoms with Crippen molar-refractivity contribution >= 4 is 21.7 Å². The van der Waals surface area contributed by atoms with Crippen molar-refractivity contribution in [2.24, 2.45) is 11.7 Å². The molecule has 0 radical (unpaired) electrons. The molecule has 0 spiro atoms. The first-order valence-corrected chi connectivity index (χ1v) is 6.69. The monoisotopic (exact) mass is 301 g/mol. The van der Waals surface area contributed by atoms with Crippen LogP contribution in [0.2, 0.25) is 0 Å². The van der Waals surface area contributed by atoms with E-state index < -0.39 is 0 Å². The van der Waals surface area contributed by atoms with Crippen molar-refractivity contribution < 1.29 is 4.39 Å². The van der Waals surface area contributed by atoms with Crippen LogP contribution >= 0.6 is 15.9 Å². The fourth-order valence-corrected chi connectivity index (χ4v) is 2.58. The Morgan fingerprint density at radius 1 is 1.53 bits per heavy atom. The van der Waals surface area contributed by atoms with Gasteiger partial charge in [-0.15, -0.1) is 0 Å². The van der Waals surface area contributed by atoms with Crippen molar-refractivity contribution in [1.29, 1.82) is 0 Å². The molecule has 2 heterocycles. The Hall–Kier alpha value is -0.680. The number of aromatic nitrogens is 1.